The maximum Gasteiger partial charge on any atom is 1.00 e. The SMILES string of the molecule is C.COc1ccc(S(=O)(=O)CCOS(=O)(=O)[O-])cc1N=Nc1cc(S(=O)(=O)[O-])c2cc(SOO[O-])c(N=Nc3cc(C)c(S(=O)(=O)CCOSOO[O-])cc3OC)c(O)c2c1N.[Na+].[Na+].[Na+].[Na+]. The molecule has 0 unspecified atom stereocenters. The average molecular weight is 1080 g/mol. The van der Waals surface area contributed by atoms with Crippen molar-refractivity contribution in [3.05, 3.63) is 48.0 Å². The zero-order chi connectivity index (χ0) is 45.3. The van der Waals surface area contributed by atoms with Gasteiger partial charge in [0.05, 0.1) is 81.6 Å². The van der Waals surface area contributed by atoms with Crippen molar-refractivity contribution >= 4 is 104 Å². The molecule has 3 N–H and O–H groups in total. The minimum Gasteiger partial charge on any atom is -0.744 e. The standard InChI is InChI=1S/C29H31N5O21S6.CH4.4Na/c1-15-10-18(22(49-3)14-24(15)59(40,41)8-6-50-57-55-53-37)32-34-28-23(56-54-52-36)12-17-25(60(42,43)44)13-20(27(30)26(17)29(28)35)33-31-19-11-16(4-5-21(19)48-2)58(38,39)9-7-51-61(45,46)47;;;;;/h4-5,10-14,35-37H,6-9,30H2,1-3H3,(H,42,43,44)(H,45,46,47);1H4;;;;/q;;4*+1/p-4. The number of ether oxygens (including phenoxy) is 2. The Bertz CT molecular complexity index is 2810. The fourth-order valence-electron chi connectivity index (χ4n) is 5.08. The number of phenols is 1. The number of fused-ring (bicyclic) bond motifs is 1. The van der Waals surface area contributed by atoms with E-state index in [0.717, 1.165) is 30.3 Å². The number of methoxy groups -OCH3 is 2. The summed E-state index contributed by atoms with van der Waals surface area (Å²) in [5.74, 6) is -2.80. The van der Waals surface area contributed by atoms with Crippen LogP contribution >= 0.6 is 24.4 Å². The first-order valence-corrected chi connectivity index (χ1v) is 23.3. The van der Waals surface area contributed by atoms with E-state index in [1.807, 2.05) is 0 Å². The zero-order valence-corrected chi connectivity index (χ0v) is 47.7. The van der Waals surface area contributed by atoms with Crippen LogP contribution in [0.5, 0.6) is 17.2 Å². The van der Waals surface area contributed by atoms with E-state index in [-0.39, 0.29) is 188 Å². The molecular weight excluding hydrogens is 1050 g/mol. The predicted octanol–water partition coefficient (Wildman–Crippen LogP) is -9.10. The molecule has 0 aliphatic carbocycles. The molecule has 0 fully saturated rings. The number of hydrogen-bond donors (Lipinski definition) is 2. The fourth-order valence-corrected chi connectivity index (χ4v) is 9.42. The number of hydrogen-bond acceptors (Lipinski definition) is 28. The van der Waals surface area contributed by atoms with E-state index in [9.17, 15) is 58.4 Å². The third kappa shape index (κ3) is 18.4. The molecule has 4 rings (SSSR count). The van der Waals surface area contributed by atoms with E-state index >= 15 is 0 Å². The van der Waals surface area contributed by atoms with Gasteiger partial charge in [-0.25, -0.2) is 33.7 Å². The molecule has 0 saturated carbocycles. The Hall–Kier alpha value is -0.360. The summed E-state index contributed by atoms with van der Waals surface area (Å²) >= 11 is 0.199. The summed E-state index contributed by atoms with van der Waals surface area (Å²) in [6.45, 7) is -0.0447. The van der Waals surface area contributed by atoms with Crippen LogP contribution in [0.2, 0.25) is 0 Å². The monoisotopic (exact) mass is 1080 g/mol. The van der Waals surface area contributed by atoms with Crippen LogP contribution in [-0.4, -0.2) is 86.8 Å². The second kappa shape index (κ2) is 29.9. The van der Waals surface area contributed by atoms with Crippen LogP contribution in [-0.2, 0) is 67.3 Å². The van der Waals surface area contributed by atoms with Crippen molar-refractivity contribution in [3.63, 3.8) is 0 Å². The van der Waals surface area contributed by atoms with Crippen LogP contribution in [0.4, 0.5) is 28.4 Å². The fraction of sp³-hybridized carbons (Fsp3) is 0.267. The summed E-state index contributed by atoms with van der Waals surface area (Å²) in [6.07, 6.45) is 0. The van der Waals surface area contributed by atoms with Gasteiger partial charge in [0.25, 0.3) is 0 Å². The summed E-state index contributed by atoms with van der Waals surface area (Å²) in [5, 5.41) is 53.4. The third-order valence-corrected chi connectivity index (χ3v) is 13.5. The third-order valence-electron chi connectivity index (χ3n) is 7.70. The number of benzene rings is 4. The Labute approximate surface area is 475 Å². The second-order valence-electron chi connectivity index (χ2n) is 11.4. The first kappa shape index (κ1) is 67.7. The zero-order valence-electron chi connectivity index (χ0n) is 34.8. The smallest absolute Gasteiger partial charge is 0.744 e. The number of nitrogens with two attached hydrogens (primary N) is 1. The van der Waals surface area contributed by atoms with E-state index < -0.39 is 108 Å². The van der Waals surface area contributed by atoms with Crippen molar-refractivity contribution in [2.75, 3.05) is 44.7 Å². The number of nitrogens with zero attached hydrogens (tertiary/aromatic N) is 4. The molecule has 66 heavy (non-hydrogen) atoms. The normalized spacial score (nSPS) is 11.9. The maximum atomic E-state index is 13.0. The van der Waals surface area contributed by atoms with Gasteiger partial charge in [-0.3, -0.25) is 18.4 Å². The van der Waals surface area contributed by atoms with E-state index in [0.29, 0.717) is 6.07 Å². The molecule has 4 aromatic rings. The van der Waals surface area contributed by atoms with Crippen molar-refractivity contribution in [3.8, 4) is 17.2 Å². The molecule has 0 amide bonds. The van der Waals surface area contributed by atoms with Crippen molar-refractivity contribution < 1.29 is 213 Å². The number of sulfone groups is 2. The van der Waals surface area contributed by atoms with E-state index in [1.54, 1.807) is 0 Å². The van der Waals surface area contributed by atoms with Crippen LogP contribution in [0.3, 0.4) is 0 Å². The summed E-state index contributed by atoms with van der Waals surface area (Å²) < 4.78 is 149. The largest absolute Gasteiger partial charge is 1.00 e. The van der Waals surface area contributed by atoms with Gasteiger partial charge in [-0.2, -0.15) is 4.33 Å². The molecule has 0 spiro atoms. The topological polar surface area (TPSA) is 398 Å². The number of aromatic hydroxyl groups is 1. The van der Waals surface area contributed by atoms with Gasteiger partial charge in [-0.1, -0.05) is 7.43 Å². The van der Waals surface area contributed by atoms with Crippen molar-refractivity contribution in [2.24, 2.45) is 20.5 Å². The molecule has 0 heterocycles. The van der Waals surface area contributed by atoms with Crippen LogP contribution in [0, 0.1) is 6.92 Å². The Kier molecular flexibility index (Phi) is 30.6. The molecule has 4 aromatic carbocycles. The van der Waals surface area contributed by atoms with Gasteiger partial charge in [0.1, 0.15) is 44.4 Å². The Balaban J connectivity index is 0. The van der Waals surface area contributed by atoms with Gasteiger partial charge in [-0.05, 0) is 48.9 Å². The minimum atomic E-state index is -5.47. The van der Waals surface area contributed by atoms with Crippen molar-refractivity contribution in [1.29, 1.82) is 0 Å². The Morgan fingerprint density at radius 1 is 0.712 bits per heavy atom. The van der Waals surface area contributed by atoms with Crippen LogP contribution < -0.4 is 144 Å². The van der Waals surface area contributed by atoms with E-state index in [1.165, 1.54) is 27.2 Å². The molecule has 36 heteroatoms. The average Bonchev–Trinajstić information content (AvgIpc) is 3.17. The number of phenolic OH excluding ortho intramolecular Hbond substituents is 1. The summed E-state index contributed by atoms with van der Waals surface area (Å²) in [6, 6.07) is 7.01. The van der Waals surface area contributed by atoms with Crippen molar-refractivity contribution in [1.82, 2.24) is 0 Å². The van der Waals surface area contributed by atoms with Crippen LogP contribution in [0.1, 0.15) is 13.0 Å². The van der Waals surface area contributed by atoms with Gasteiger partial charge in [-0.15, -0.1) is 24.8 Å². The minimum absolute atomic E-state index is 0. The first-order chi connectivity index (χ1) is 28.6. The van der Waals surface area contributed by atoms with E-state index in [4.69, 9.17) is 19.4 Å². The molecule has 0 saturated heterocycles. The van der Waals surface area contributed by atoms with Gasteiger partial charge >= 0.3 is 118 Å². The Morgan fingerprint density at radius 2 is 1.29 bits per heavy atom. The predicted molar refractivity (Wildman–Crippen MR) is 207 cm³/mol. The number of azo groups is 2. The first-order valence-electron chi connectivity index (χ1n) is 15.8. The number of nitrogen functional groups attached to an aromatic ring is 1. The maximum absolute atomic E-state index is 13.0. The van der Waals surface area contributed by atoms with Gasteiger partial charge in [0.2, 0.25) is 10.4 Å². The molecule has 0 bridgehead atoms. The molecule has 0 atom stereocenters. The van der Waals surface area contributed by atoms with Gasteiger partial charge in [0, 0.05) is 11.5 Å². The summed E-state index contributed by atoms with van der Waals surface area (Å²) in [5.41, 5.74) is 4.27. The molecule has 0 aromatic heterocycles. The molecule has 0 aliphatic heterocycles. The quantitative estimate of drug-likeness (QED) is 0.00849. The second-order valence-corrected chi connectivity index (χ2v) is 19.2. The number of aryl methyl sites for hydroxylation is 1. The number of rotatable bonds is 22. The Morgan fingerprint density at radius 3 is 1.86 bits per heavy atom. The van der Waals surface area contributed by atoms with Crippen molar-refractivity contribution in [2.45, 2.75) is 33.9 Å². The van der Waals surface area contributed by atoms with E-state index in [2.05, 4.69) is 43.4 Å². The molecule has 26 nitrogen and oxygen atoms in total. The molecule has 0 aliphatic rings. The van der Waals surface area contributed by atoms with Crippen LogP contribution in [0.15, 0.2) is 82.5 Å². The molecular formula is C30H31N5Na4O21S6. The van der Waals surface area contributed by atoms with Gasteiger partial charge in [0.15, 0.2) is 37.7 Å². The molecule has 342 valence electrons. The summed E-state index contributed by atoms with van der Waals surface area (Å²) in [4.78, 5) is -2.13. The molecule has 0 radical (unpaired) electrons. The van der Waals surface area contributed by atoms with Gasteiger partial charge < -0.3 is 39.9 Å². The number of anilines is 1. The van der Waals surface area contributed by atoms with Crippen LogP contribution in [0.25, 0.3) is 10.8 Å². The summed E-state index contributed by atoms with van der Waals surface area (Å²) in [7, 11) is -16.7.